The molecule has 0 unspecified atom stereocenters. The van der Waals surface area contributed by atoms with Crippen molar-refractivity contribution >= 4 is 23.3 Å². The first-order chi connectivity index (χ1) is 9.19. The second-order valence-corrected chi connectivity index (χ2v) is 4.87. The van der Waals surface area contributed by atoms with Crippen LogP contribution in [0.1, 0.15) is 5.56 Å². The third-order valence-electron chi connectivity index (χ3n) is 3.15. The summed E-state index contributed by atoms with van der Waals surface area (Å²) >= 11 is 5.42. The average molecular weight is 270 g/mol. The third-order valence-corrected chi connectivity index (χ3v) is 3.43. The highest BCUT2D eigenvalue weighted by Crippen LogP contribution is 2.24. The molecule has 0 bridgehead atoms. The smallest absolute Gasteiger partial charge is 0.182 e. The van der Waals surface area contributed by atoms with E-state index in [9.17, 15) is 0 Å². The Kier molecular flexibility index (Phi) is 2.87. The third kappa shape index (κ3) is 2.04. The minimum Gasteiger partial charge on any atom is -0.497 e. The van der Waals surface area contributed by atoms with E-state index < -0.39 is 0 Å². The average Bonchev–Trinajstić information content (AvgIpc) is 2.73. The summed E-state index contributed by atoms with van der Waals surface area (Å²) in [6, 6.07) is 14.2. The monoisotopic (exact) mass is 270 g/mol. The molecule has 4 heteroatoms. The number of aromatic amines is 1. The van der Waals surface area contributed by atoms with E-state index in [0.717, 1.165) is 22.5 Å². The summed E-state index contributed by atoms with van der Waals surface area (Å²) in [6.07, 6.45) is 0. The molecule has 19 heavy (non-hydrogen) atoms. The fourth-order valence-corrected chi connectivity index (χ4v) is 2.55. The van der Waals surface area contributed by atoms with Crippen molar-refractivity contribution in [3.05, 3.63) is 52.8 Å². The molecule has 3 nitrogen and oxygen atoms in total. The number of imidazole rings is 1. The number of nitrogens with zero attached hydrogens (tertiary/aromatic N) is 1. The molecule has 2 aromatic carbocycles. The van der Waals surface area contributed by atoms with E-state index in [1.165, 1.54) is 5.56 Å². The van der Waals surface area contributed by atoms with Gasteiger partial charge >= 0.3 is 0 Å². The zero-order valence-electron chi connectivity index (χ0n) is 10.8. The van der Waals surface area contributed by atoms with E-state index in [0.29, 0.717) is 4.77 Å². The van der Waals surface area contributed by atoms with Crippen LogP contribution in [-0.4, -0.2) is 16.7 Å². The van der Waals surface area contributed by atoms with Crippen molar-refractivity contribution in [3.63, 3.8) is 0 Å². The van der Waals surface area contributed by atoms with Gasteiger partial charge in [0.05, 0.1) is 18.1 Å². The summed E-state index contributed by atoms with van der Waals surface area (Å²) in [5.41, 5.74) is 4.29. The van der Waals surface area contributed by atoms with E-state index >= 15 is 0 Å². The molecule has 1 aromatic heterocycles. The summed E-state index contributed by atoms with van der Waals surface area (Å²) in [5.74, 6) is 0.822. The molecule has 0 spiro atoms. The first kappa shape index (κ1) is 12.0. The van der Waals surface area contributed by atoms with Gasteiger partial charge in [-0.2, -0.15) is 0 Å². The lowest BCUT2D eigenvalue weighted by molar-refractivity contribution is 0.415. The lowest BCUT2D eigenvalue weighted by atomic mass is 10.2. The number of rotatable bonds is 2. The second kappa shape index (κ2) is 4.55. The highest BCUT2D eigenvalue weighted by Gasteiger charge is 2.07. The van der Waals surface area contributed by atoms with Crippen LogP contribution in [0, 0.1) is 11.7 Å². The van der Waals surface area contributed by atoms with Crippen molar-refractivity contribution in [2.24, 2.45) is 0 Å². The molecule has 0 radical (unpaired) electrons. The zero-order chi connectivity index (χ0) is 13.4. The Hall–Kier alpha value is -2.07. The van der Waals surface area contributed by atoms with Gasteiger partial charge in [-0.1, -0.05) is 12.1 Å². The maximum atomic E-state index is 5.42. The first-order valence-corrected chi connectivity index (χ1v) is 6.45. The maximum Gasteiger partial charge on any atom is 0.182 e. The number of hydrogen-bond acceptors (Lipinski definition) is 2. The van der Waals surface area contributed by atoms with Crippen LogP contribution in [-0.2, 0) is 0 Å². The summed E-state index contributed by atoms with van der Waals surface area (Å²) < 4.78 is 8.00. The minimum atomic E-state index is 0.689. The van der Waals surface area contributed by atoms with Crippen LogP contribution >= 0.6 is 12.2 Å². The molecular weight excluding hydrogens is 256 g/mol. The SMILES string of the molecule is COc1ccc2[nH]c(=S)n(-c3cccc(C)c3)c2c1. The van der Waals surface area contributed by atoms with Crippen LogP contribution in [0.15, 0.2) is 42.5 Å². The van der Waals surface area contributed by atoms with Crippen LogP contribution in [0.2, 0.25) is 0 Å². The van der Waals surface area contributed by atoms with Gasteiger partial charge in [0.25, 0.3) is 0 Å². The van der Waals surface area contributed by atoms with Gasteiger partial charge in [-0.15, -0.1) is 0 Å². The molecule has 0 aliphatic heterocycles. The number of H-pyrrole nitrogens is 1. The standard InChI is InChI=1S/C15H14N2OS/c1-10-4-3-5-11(8-10)17-14-9-12(18-2)6-7-13(14)16-15(17)19/h3-9H,1-2H3,(H,16,19). The quantitative estimate of drug-likeness (QED) is 0.713. The van der Waals surface area contributed by atoms with Crippen molar-refractivity contribution in [2.75, 3.05) is 7.11 Å². The second-order valence-electron chi connectivity index (χ2n) is 4.49. The van der Waals surface area contributed by atoms with Crippen LogP contribution in [0.3, 0.4) is 0 Å². The predicted octanol–water partition coefficient (Wildman–Crippen LogP) is 4.01. The van der Waals surface area contributed by atoms with E-state index in [4.69, 9.17) is 17.0 Å². The van der Waals surface area contributed by atoms with E-state index in [-0.39, 0.29) is 0 Å². The number of fused-ring (bicyclic) bond motifs is 1. The Labute approximate surface area is 116 Å². The zero-order valence-corrected chi connectivity index (χ0v) is 11.6. The fraction of sp³-hybridized carbons (Fsp3) is 0.133. The van der Waals surface area contributed by atoms with Crippen LogP contribution in [0.4, 0.5) is 0 Å². The van der Waals surface area contributed by atoms with Crippen molar-refractivity contribution < 1.29 is 4.74 Å². The lowest BCUT2D eigenvalue weighted by Gasteiger charge is -2.06. The fourth-order valence-electron chi connectivity index (χ4n) is 2.23. The Morgan fingerprint density at radius 3 is 2.74 bits per heavy atom. The van der Waals surface area contributed by atoms with Gasteiger partial charge < -0.3 is 9.72 Å². The van der Waals surface area contributed by atoms with Crippen molar-refractivity contribution in [1.82, 2.24) is 9.55 Å². The van der Waals surface area contributed by atoms with Gasteiger partial charge in [0.1, 0.15) is 5.75 Å². The Morgan fingerprint density at radius 2 is 2.00 bits per heavy atom. The summed E-state index contributed by atoms with van der Waals surface area (Å²) in [5, 5.41) is 0. The van der Waals surface area contributed by atoms with Gasteiger partial charge in [0.15, 0.2) is 4.77 Å². The summed E-state index contributed by atoms with van der Waals surface area (Å²) in [6.45, 7) is 2.07. The number of ether oxygens (including phenoxy) is 1. The molecule has 0 saturated heterocycles. The normalized spacial score (nSPS) is 10.8. The summed E-state index contributed by atoms with van der Waals surface area (Å²) in [4.78, 5) is 3.22. The summed E-state index contributed by atoms with van der Waals surface area (Å²) in [7, 11) is 1.67. The molecule has 0 saturated carbocycles. The number of benzene rings is 2. The van der Waals surface area contributed by atoms with Gasteiger partial charge in [-0.25, -0.2) is 0 Å². The molecule has 0 fully saturated rings. The molecule has 1 N–H and O–H groups in total. The molecule has 3 aromatic rings. The van der Waals surface area contributed by atoms with E-state index in [2.05, 4.69) is 30.1 Å². The van der Waals surface area contributed by atoms with Crippen molar-refractivity contribution in [2.45, 2.75) is 6.92 Å². The van der Waals surface area contributed by atoms with Crippen molar-refractivity contribution in [3.8, 4) is 11.4 Å². The molecule has 0 amide bonds. The minimum absolute atomic E-state index is 0.689. The molecule has 0 atom stereocenters. The number of hydrogen-bond donors (Lipinski definition) is 1. The van der Waals surface area contributed by atoms with Gasteiger partial charge in [0, 0.05) is 11.8 Å². The molecule has 96 valence electrons. The van der Waals surface area contributed by atoms with Crippen LogP contribution < -0.4 is 4.74 Å². The molecular formula is C15H14N2OS. The van der Waals surface area contributed by atoms with E-state index in [1.54, 1.807) is 7.11 Å². The maximum absolute atomic E-state index is 5.42. The van der Waals surface area contributed by atoms with E-state index in [1.807, 2.05) is 28.8 Å². The number of aromatic nitrogens is 2. The number of nitrogens with one attached hydrogen (secondary N) is 1. The van der Waals surface area contributed by atoms with Gasteiger partial charge in [-0.05, 0) is 49.0 Å². The molecule has 0 aliphatic carbocycles. The van der Waals surface area contributed by atoms with Gasteiger partial charge in [0.2, 0.25) is 0 Å². The van der Waals surface area contributed by atoms with Crippen molar-refractivity contribution in [1.29, 1.82) is 0 Å². The Morgan fingerprint density at radius 1 is 1.16 bits per heavy atom. The predicted molar refractivity (Wildman–Crippen MR) is 79.7 cm³/mol. The highest BCUT2D eigenvalue weighted by molar-refractivity contribution is 7.71. The Bertz CT molecular complexity index is 801. The largest absolute Gasteiger partial charge is 0.497 e. The highest BCUT2D eigenvalue weighted by atomic mass is 32.1. The molecule has 0 aliphatic rings. The Balaban J connectivity index is 2.33. The van der Waals surface area contributed by atoms with Crippen LogP contribution in [0.25, 0.3) is 16.7 Å². The lowest BCUT2D eigenvalue weighted by Crippen LogP contribution is -1.94. The molecule has 3 rings (SSSR count). The number of aryl methyl sites for hydroxylation is 1. The first-order valence-electron chi connectivity index (χ1n) is 6.05. The number of methoxy groups -OCH3 is 1. The van der Waals surface area contributed by atoms with Gasteiger partial charge in [-0.3, -0.25) is 4.57 Å². The van der Waals surface area contributed by atoms with Crippen LogP contribution in [0.5, 0.6) is 5.75 Å². The topological polar surface area (TPSA) is 29.9 Å². The molecule has 1 heterocycles.